The molecule has 1 heterocycles. The van der Waals surface area contributed by atoms with Crippen LogP contribution in [-0.2, 0) is 4.74 Å². The second-order valence-corrected chi connectivity index (χ2v) is 1.69. The Morgan fingerprint density at radius 2 is 1.18 bits per heavy atom. The normalized spacial score (nSPS) is 26.2. The van der Waals surface area contributed by atoms with Gasteiger partial charge in [0.2, 0.25) is 0 Å². The van der Waals surface area contributed by atoms with E-state index in [1.807, 2.05) is 0 Å². The summed E-state index contributed by atoms with van der Waals surface area (Å²) in [5.41, 5.74) is 0. The van der Waals surface area contributed by atoms with Crippen LogP contribution in [0, 0.1) is 0 Å². The molecule has 0 aromatic carbocycles. The first-order chi connectivity index (χ1) is 4.84. The van der Waals surface area contributed by atoms with Crippen LogP contribution in [0.3, 0.4) is 0 Å². The van der Waals surface area contributed by atoms with Crippen molar-refractivity contribution < 1.29 is 31.4 Å². The zero-order valence-corrected chi connectivity index (χ0v) is 4.57. The van der Waals surface area contributed by atoms with Gasteiger partial charge in [0.15, 0.2) is 0 Å². The molecule has 9 heteroatoms. The van der Waals surface area contributed by atoms with Crippen LogP contribution >= 0.6 is 0 Å². The van der Waals surface area contributed by atoms with Gasteiger partial charge in [-0.05, 0) is 0 Å². The van der Waals surface area contributed by atoms with Gasteiger partial charge in [-0.1, -0.05) is 17.9 Å². The van der Waals surface area contributed by atoms with Crippen molar-refractivity contribution in [1.82, 2.24) is 10.7 Å². The lowest BCUT2D eigenvalue weighted by molar-refractivity contribution is -0.371. The van der Waals surface area contributed by atoms with Crippen LogP contribution in [0.15, 0.2) is 0 Å². The van der Waals surface area contributed by atoms with E-state index in [-0.39, 0.29) is 0 Å². The van der Waals surface area contributed by atoms with Crippen LogP contribution in [0.25, 0.3) is 0 Å². The molecule has 0 aliphatic carbocycles. The zero-order valence-electron chi connectivity index (χ0n) is 4.57. The minimum atomic E-state index is -4.54. The Bertz CT molecular complexity index is 162. The molecule has 0 amide bonds. The Balaban J connectivity index is 2.80. The van der Waals surface area contributed by atoms with Crippen molar-refractivity contribution in [3.05, 3.63) is 0 Å². The second kappa shape index (κ2) is 1.99. The van der Waals surface area contributed by atoms with Crippen molar-refractivity contribution in [1.29, 1.82) is 0 Å². The lowest BCUT2D eigenvalue weighted by atomic mass is 10.6. The predicted molar refractivity (Wildman–Crippen MR) is 16.9 cm³/mol. The SMILES string of the molecule is FN(F)C1(N(F)F)OC1(F)F. The minimum Gasteiger partial charge on any atom is -0.263 e. The molecule has 1 saturated heterocycles. The molecule has 1 fully saturated rings. The van der Waals surface area contributed by atoms with E-state index in [9.17, 15) is 26.7 Å². The molecule has 1 aliphatic heterocycles. The van der Waals surface area contributed by atoms with Crippen molar-refractivity contribution in [3.63, 3.8) is 0 Å². The van der Waals surface area contributed by atoms with Gasteiger partial charge in [-0.25, -0.2) is 0 Å². The minimum absolute atomic E-state index is 2.40. The van der Waals surface area contributed by atoms with E-state index < -0.39 is 22.6 Å². The van der Waals surface area contributed by atoms with E-state index in [2.05, 4.69) is 4.74 Å². The van der Waals surface area contributed by atoms with Crippen LogP contribution < -0.4 is 0 Å². The number of rotatable bonds is 2. The monoisotopic (exact) mass is 182 g/mol. The molecule has 3 nitrogen and oxygen atoms in total. The summed E-state index contributed by atoms with van der Waals surface area (Å²) in [5, 5.41) is -4.79. The Morgan fingerprint density at radius 1 is 0.909 bits per heavy atom. The Labute approximate surface area is 55.5 Å². The van der Waals surface area contributed by atoms with Crippen molar-refractivity contribution in [2.45, 2.75) is 12.0 Å². The third-order valence-electron chi connectivity index (χ3n) is 1.07. The summed E-state index contributed by atoms with van der Waals surface area (Å²) in [6, 6.07) is 0. The molecule has 11 heavy (non-hydrogen) atoms. The number of hydrogen-bond acceptors (Lipinski definition) is 3. The molecular formula is C2F6N2O. The van der Waals surface area contributed by atoms with Gasteiger partial charge in [-0.3, -0.25) is 4.74 Å². The molecule has 0 radical (unpaired) electrons. The molecule has 0 bridgehead atoms. The predicted octanol–water partition coefficient (Wildman–Crippen LogP) is 1.41. The highest BCUT2D eigenvalue weighted by Crippen LogP contribution is 2.55. The largest absolute Gasteiger partial charge is 0.426 e. The molecule has 1 rings (SSSR count). The summed E-state index contributed by atoms with van der Waals surface area (Å²) in [7, 11) is 0. The van der Waals surface area contributed by atoms with Crippen molar-refractivity contribution in [2.75, 3.05) is 0 Å². The first kappa shape index (κ1) is 8.56. The number of alkyl halides is 2. The van der Waals surface area contributed by atoms with Crippen LogP contribution in [0.4, 0.5) is 26.7 Å². The molecule has 0 unspecified atom stereocenters. The van der Waals surface area contributed by atoms with Crippen LogP contribution in [0.1, 0.15) is 0 Å². The number of hydrogen-bond donors (Lipinski definition) is 0. The fourth-order valence-electron chi connectivity index (χ4n) is 0.476. The van der Waals surface area contributed by atoms with Crippen LogP contribution in [0.2, 0.25) is 0 Å². The fraction of sp³-hybridized carbons (Fsp3) is 1.00. The maximum Gasteiger partial charge on any atom is 0.426 e. The fourth-order valence-corrected chi connectivity index (χ4v) is 0.476. The van der Waals surface area contributed by atoms with Crippen LogP contribution in [0.5, 0.6) is 0 Å². The molecule has 0 atom stereocenters. The van der Waals surface area contributed by atoms with E-state index >= 15 is 0 Å². The van der Waals surface area contributed by atoms with E-state index in [4.69, 9.17) is 0 Å². The summed E-state index contributed by atoms with van der Waals surface area (Å²) in [6.07, 6.45) is -4.54. The zero-order chi connectivity index (χ0) is 8.86. The van der Waals surface area contributed by atoms with E-state index in [1.54, 1.807) is 0 Å². The molecule has 0 saturated carbocycles. The Morgan fingerprint density at radius 3 is 1.18 bits per heavy atom. The van der Waals surface area contributed by atoms with Gasteiger partial charge in [0.25, 0.3) is 0 Å². The van der Waals surface area contributed by atoms with Gasteiger partial charge in [0.05, 0.1) is 10.7 Å². The molecular weight excluding hydrogens is 182 g/mol. The van der Waals surface area contributed by atoms with Crippen LogP contribution in [-0.4, -0.2) is 22.6 Å². The molecule has 0 aromatic rings. The highest BCUT2D eigenvalue weighted by molar-refractivity contribution is 4.92. The third kappa shape index (κ3) is 0.880. The van der Waals surface area contributed by atoms with Crippen molar-refractivity contribution in [2.24, 2.45) is 0 Å². The van der Waals surface area contributed by atoms with Crippen molar-refractivity contribution in [3.8, 4) is 0 Å². The lowest BCUT2D eigenvalue weighted by Gasteiger charge is -2.09. The molecule has 66 valence electrons. The average molecular weight is 182 g/mol. The van der Waals surface area contributed by atoms with Gasteiger partial charge in [0.1, 0.15) is 0 Å². The topological polar surface area (TPSA) is 19.0 Å². The standard InChI is InChI=1S/C2F6N2O/c3-1(4)2(11-1,9(5)6)10(7)8. The molecule has 0 spiro atoms. The quantitative estimate of drug-likeness (QED) is 0.278. The molecule has 0 N–H and O–H groups in total. The number of ether oxygens (including phenoxy) is 1. The molecule has 0 aromatic heterocycles. The van der Waals surface area contributed by atoms with E-state index in [0.29, 0.717) is 0 Å². The van der Waals surface area contributed by atoms with Gasteiger partial charge < -0.3 is 0 Å². The summed E-state index contributed by atoms with van der Waals surface area (Å²) in [4.78, 5) is 0. The maximum atomic E-state index is 11.7. The lowest BCUT2D eigenvalue weighted by Crippen LogP contribution is -2.40. The first-order valence-electron chi connectivity index (χ1n) is 2.16. The smallest absolute Gasteiger partial charge is 0.263 e. The average Bonchev–Trinajstić information content (AvgIpc) is 2.35. The van der Waals surface area contributed by atoms with E-state index in [0.717, 1.165) is 0 Å². The highest BCUT2D eigenvalue weighted by atomic mass is 19.4. The summed E-state index contributed by atoms with van der Waals surface area (Å²) < 4.78 is 71.5. The molecule has 1 aliphatic rings. The number of halogens is 6. The van der Waals surface area contributed by atoms with Gasteiger partial charge in [0, 0.05) is 0 Å². The summed E-state index contributed by atoms with van der Waals surface area (Å²) >= 11 is 0. The van der Waals surface area contributed by atoms with E-state index in [1.165, 1.54) is 0 Å². The Hall–Kier alpha value is -0.540. The van der Waals surface area contributed by atoms with Gasteiger partial charge in [-0.15, -0.1) is 0 Å². The van der Waals surface area contributed by atoms with Gasteiger partial charge >= 0.3 is 12.0 Å². The van der Waals surface area contributed by atoms with Crippen molar-refractivity contribution >= 4 is 0 Å². The van der Waals surface area contributed by atoms with Gasteiger partial charge in [-0.2, -0.15) is 8.78 Å². The summed E-state index contributed by atoms with van der Waals surface area (Å²) in [5.74, 6) is -4.19. The highest BCUT2D eigenvalue weighted by Gasteiger charge is 2.86. The number of epoxide rings is 1. The second-order valence-electron chi connectivity index (χ2n) is 1.69. The first-order valence-corrected chi connectivity index (χ1v) is 2.16. The number of nitrogens with zero attached hydrogens (tertiary/aromatic N) is 2. The third-order valence-corrected chi connectivity index (χ3v) is 1.07. The maximum absolute atomic E-state index is 11.7. The summed E-state index contributed by atoms with van der Waals surface area (Å²) in [6.45, 7) is 0. The Kier molecular flexibility index (Phi) is 1.55.